The van der Waals surface area contributed by atoms with Crippen molar-refractivity contribution >= 4 is 5.65 Å². The monoisotopic (exact) mass is 398 g/mol. The normalized spacial score (nSPS) is 11.3. The fourth-order valence-corrected chi connectivity index (χ4v) is 3.97. The van der Waals surface area contributed by atoms with E-state index in [4.69, 9.17) is 4.98 Å². The lowest BCUT2D eigenvalue weighted by Gasteiger charge is -2.11. The summed E-state index contributed by atoms with van der Waals surface area (Å²) in [6.07, 6.45) is 12.5. The van der Waals surface area contributed by atoms with Crippen LogP contribution in [0.4, 0.5) is 0 Å². The Hall–Kier alpha value is -3.01. The maximum atomic E-state index is 4.81. The Morgan fingerprint density at radius 1 is 0.833 bits per heavy atom. The molecule has 0 unspecified atom stereocenters. The third-order valence-corrected chi connectivity index (χ3v) is 5.71. The molecule has 0 atom stereocenters. The van der Waals surface area contributed by atoms with Crippen molar-refractivity contribution in [3.8, 4) is 11.1 Å². The molecular weight excluding hydrogens is 368 g/mol. The Labute approximate surface area is 179 Å². The van der Waals surface area contributed by atoms with Crippen LogP contribution in [0.15, 0.2) is 55.0 Å². The summed E-state index contributed by atoms with van der Waals surface area (Å²) < 4.78 is 2.24. The van der Waals surface area contributed by atoms with Crippen LogP contribution < -0.4 is 0 Å². The number of rotatable bonds is 8. The molecule has 0 fully saturated rings. The molecule has 3 aromatic heterocycles. The van der Waals surface area contributed by atoms with Gasteiger partial charge in [0.15, 0.2) is 0 Å². The highest BCUT2D eigenvalue weighted by Crippen LogP contribution is 2.24. The summed E-state index contributed by atoms with van der Waals surface area (Å²) in [5, 5.41) is 0. The molecule has 0 aliphatic heterocycles. The average Bonchev–Trinajstić information content (AvgIpc) is 3.08. The molecule has 4 heteroatoms. The summed E-state index contributed by atoms with van der Waals surface area (Å²) in [5.74, 6) is 0.908. The molecule has 0 amide bonds. The average molecular weight is 399 g/mol. The molecule has 0 aliphatic rings. The van der Waals surface area contributed by atoms with Gasteiger partial charge in [-0.2, -0.15) is 0 Å². The van der Waals surface area contributed by atoms with Crippen molar-refractivity contribution in [2.75, 3.05) is 0 Å². The standard InChI is InChI=1S/C26H30N4/c1-4-6-10-20-11-7-8-12-21(20)15-24-19(3)29-26-14-13-22(18-30(24)26)23-16-27-25(9-5-2)28-17-23/h7-8,11-14,16-18H,4-6,9-10,15H2,1-3H3. The van der Waals surface area contributed by atoms with E-state index in [0.717, 1.165) is 54.0 Å². The van der Waals surface area contributed by atoms with E-state index >= 15 is 0 Å². The molecule has 4 nitrogen and oxygen atoms in total. The molecule has 0 spiro atoms. The number of unbranched alkanes of at least 4 members (excludes halogenated alkanes) is 1. The van der Waals surface area contributed by atoms with E-state index in [-0.39, 0.29) is 0 Å². The van der Waals surface area contributed by atoms with Crippen LogP contribution in [0.25, 0.3) is 16.8 Å². The minimum Gasteiger partial charge on any atom is -0.303 e. The van der Waals surface area contributed by atoms with Crippen LogP contribution in [-0.2, 0) is 19.3 Å². The molecule has 30 heavy (non-hydrogen) atoms. The van der Waals surface area contributed by atoms with E-state index in [2.05, 4.69) is 77.7 Å². The first-order valence-corrected chi connectivity index (χ1v) is 11.0. The first-order chi connectivity index (χ1) is 14.7. The number of aryl methyl sites for hydroxylation is 3. The molecule has 154 valence electrons. The summed E-state index contributed by atoms with van der Waals surface area (Å²) in [6.45, 7) is 6.51. The second kappa shape index (κ2) is 9.21. The fraction of sp³-hybridized carbons (Fsp3) is 0.346. The lowest BCUT2D eigenvalue weighted by Crippen LogP contribution is -2.01. The van der Waals surface area contributed by atoms with Gasteiger partial charge in [-0.3, -0.25) is 0 Å². The second-order valence-corrected chi connectivity index (χ2v) is 7.98. The number of pyridine rings is 1. The molecule has 0 saturated carbocycles. The van der Waals surface area contributed by atoms with Crippen LogP contribution in [0.5, 0.6) is 0 Å². The van der Waals surface area contributed by atoms with E-state index in [1.54, 1.807) is 0 Å². The molecule has 3 heterocycles. The van der Waals surface area contributed by atoms with Crippen LogP contribution in [0.2, 0.25) is 0 Å². The minimum absolute atomic E-state index is 0.891. The van der Waals surface area contributed by atoms with E-state index in [0.29, 0.717) is 0 Å². The third-order valence-electron chi connectivity index (χ3n) is 5.71. The van der Waals surface area contributed by atoms with Crippen LogP contribution in [-0.4, -0.2) is 19.4 Å². The highest BCUT2D eigenvalue weighted by Gasteiger charge is 2.13. The number of hydrogen-bond donors (Lipinski definition) is 0. The first kappa shape index (κ1) is 20.3. The molecule has 0 N–H and O–H groups in total. The topological polar surface area (TPSA) is 43.1 Å². The molecule has 0 saturated heterocycles. The van der Waals surface area contributed by atoms with Gasteiger partial charge >= 0.3 is 0 Å². The zero-order valence-electron chi connectivity index (χ0n) is 18.2. The van der Waals surface area contributed by atoms with Gasteiger partial charge in [0.05, 0.1) is 5.69 Å². The van der Waals surface area contributed by atoms with Crippen molar-refractivity contribution in [2.45, 2.75) is 59.3 Å². The largest absolute Gasteiger partial charge is 0.303 e. The fourth-order valence-electron chi connectivity index (χ4n) is 3.97. The van der Waals surface area contributed by atoms with Gasteiger partial charge in [0.1, 0.15) is 11.5 Å². The number of fused-ring (bicyclic) bond motifs is 1. The number of nitrogens with zero attached hydrogens (tertiary/aromatic N) is 4. The van der Waals surface area contributed by atoms with Gasteiger partial charge in [-0.05, 0) is 49.4 Å². The van der Waals surface area contributed by atoms with Crippen molar-refractivity contribution in [1.29, 1.82) is 0 Å². The minimum atomic E-state index is 0.891. The molecule has 0 bridgehead atoms. The van der Waals surface area contributed by atoms with Crippen LogP contribution in [0.3, 0.4) is 0 Å². The molecule has 4 aromatic rings. The van der Waals surface area contributed by atoms with Gasteiger partial charge in [-0.25, -0.2) is 15.0 Å². The highest BCUT2D eigenvalue weighted by molar-refractivity contribution is 5.63. The van der Waals surface area contributed by atoms with Crippen molar-refractivity contribution in [3.63, 3.8) is 0 Å². The van der Waals surface area contributed by atoms with Crippen molar-refractivity contribution in [1.82, 2.24) is 19.4 Å². The summed E-state index contributed by atoms with van der Waals surface area (Å²) in [7, 11) is 0. The van der Waals surface area contributed by atoms with Crippen LogP contribution >= 0.6 is 0 Å². The van der Waals surface area contributed by atoms with Gasteiger partial charge in [0.2, 0.25) is 0 Å². The Morgan fingerprint density at radius 3 is 2.33 bits per heavy atom. The van der Waals surface area contributed by atoms with E-state index in [1.807, 2.05) is 12.4 Å². The molecule has 1 aromatic carbocycles. The van der Waals surface area contributed by atoms with Gasteiger partial charge in [-0.15, -0.1) is 0 Å². The van der Waals surface area contributed by atoms with E-state index in [9.17, 15) is 0 Å². The summed E-state index contributed by atoms with van der Waals surface area (Å²) in [6, 6.07) is 13.0. The predicted octanol–water partition coefficient (Wildman–Crippen LogP) is 5.99. The van der Waals surface area contributed by atoms with Gasteiger partial charge in [0.25, 0.3) is 0 Å². The number of aromatic nitrogens is 4. The van der Waals surface area contributed by atoms with Gasteiger partial charge in [0, 0.05) is 48.3 Å². The highest BCUT2D eigenvalue weighted by atomic mass is 15.0. The smallest absolute Gasteiger partial charge is 0.137 e. The number of benzene rings is 1. The predicted molar refractivity (Wildman–Crippen MR) is 123 cm³/mol. The first-order valence-electron chi connectivity index (χ1n) is 11.0. The lowest BCUT2D eigenvalue weighted by molar-refractivity contribution is 0.787. The summed E-state index contributed by atoms with van der Waals surface area (Å²) in [5.41, 5.74) is 8.33. The second-order valence-electron chi connectivity index (χ2n) is 7.98. The van der Waals surface area contributed by atoms with E-state index in [1.165, 1.54) is 29.7 Å². The van der Waals surface area contributed by atoms with Crippen LogP contribution in [0.1, 0.15) is 61.4 Å². The van der Waals surface area contributed by atoms with Crippen molar-refractivity contribution < 1.29 is 0 Å². The number of hydrogen-bond acceptors (Lipinski definition) is 3. The molecular formula is C26H30N4. The zero-order valence-corrected chi connectivity index (χ0v) is 18.2. The van der Waals surface area contributed by atoms with Gasteiger partial charge in [-0.1, -0.05) is 44.5 Å². The quantitative estimate of drug-likeness (QED) is 0.366. The Bertz CT molecular complexity index is 1130. The van der Waals surface area contributed by atoms with Crippen molar-refractivity contribution in [2.24, 2.45) is 0 Å². The lowest BCUT2D eigenvalue weighted by atomic mass is 9.98. The Balaban J connectivity index is 1.69. The molecule has 0 aliphatic carbocycles. The van der Waals surface area contributed by atoms with Crippen LogP contribution in [0, 0.1) is 6.92 Å². The Morgan fingerprint density at radius 2 is 1.60 bits per heavy atom. The third kappa shape index (κ3) is 4.28. The number of imidazole rings is 1. The molecule has 4 rings (SSSR count). The Kier molecular flexibility index (Phi) is 6.22. The van der Waals surface area contributed by atoms with Gasteiger partial charge < -0.3 is 4.40 Å². The van der Waals surface area contributed by atoms with E-state index < -0.39 is 0 Å². The zero-order chi connectivity index (χ0) is 20.9. The maximum absolute atomic E-state index is 4.81. The van der Waals surface area contributed by atoms with Crippen molar-refractivity contribution in [3.05, 3.63) is 83.3 Å². The summed E-state index contributed by atoms with van der Waals surface area (Å²) >= 11 is 0. The SMILES string of the molecule is CCCCc1ccccc1Cc1c(C)nc2ccc(-c3cnc(CCC)nc3)cn12. The maximum Gasteiger partial charge on any atom is 0.137 e. The summed E-state index contributed by atoms with van der Waals surface area (Å²) in [4.78, 5) is 13.9. The molecule has 0 radical (unpaired) electrons.